The molecule has 4 nitrogen and oxygen atoms in total. The number of carbonyl (C=O) groups excluding carboxylic acids is 1. The van der Waals surface area contributed by atoms with Crippen LogP contribution in [0.2, 0.25) is 5.02 Å². The van der Waals surface area contributed by atoms with E-state index in [0.29, 0.717) is 23.4 Å². The van der Waals surface area contributed by atoms with Crippen molar-refractivity contribution in [3.8, 4) is 0 Å². The van der Waals surface area contributed by atoms with Crippen molar-refractivity contribution >= 4 is 23.5 Å². The fourth-order valence-corrected chi connectivity index (χ4v) is 1.94. The molecule has 98 valence electrons. The van der Waals surface area contributed by atoms with Gasteiger partial charge in [0.25, 0.3) is 5.91 Å². The van der Waals surface area contributed by atoms with Crippen LogP contribution in [-0.4, -0.2) is 23.0 Å². The van der Waals surface area contributed by atoms with Crippen molar-refractivity contribution in [2.75, 3.05) is 0 Å². The van der Waals surface area contributed by atoms with Gasteiger partial charge in [-0.2, -0.15) is 0 Å². The van der Waals surface area contributed by atoms with Crippen LogP contribution in [0.4, 0.5) is 0 Å². The molecular weight excluding hydrogens is 254 g/mol. The summed E-state index contributed by atoms with van der Waals surface area (Å²) in [5.41, 5.74) is 1.23. The molecule has 1 rings (SSSR count). The zero-order chi connectivity index (χ0) is 13.7. The van der Waals surface area contributed by atoms with Crippen LogP contribution in [0, 0.1) is 6.92 Å². The van der Waals surface area contributed by atoms with Gasteiger partial charge >= 0.3 is 5.97 Å². The molecule has 1 unspecified atom stereocenters. The van der Waals surface area contributed by atoms with E-state index in [1.165, 1.54) is 6.07 Å². The van der Waals surface area contributed by atoms with Crippen LogP contribution in [0.5, 0.6) is 0 Å². The highest BCUT2D eigenvalue weighted by atomic mass is 35.5. The van der Waals surface area contributed by atoms with Crippen molar-refractivity contribution in [3.05, 3.63) is 34.3 Å². The summed E-state index contributed by atoms with van der Waals surface area (Å²) in [4.78, 5) is 22.9. The van der Waals surface area contributed by atoms with Crippen LogP contribution in [0.3, 0.4) is 0 Å². The number of halogens is 1. The Morgan fingerprint density at radius 2 is 2.06 bits per heavy atom. The van der Waals surface area contributed by atoms with E-state index < -0.39 is 17.9 Å². The lowest BCUT2D eigenvalue weighted by molar-refractivity contribution is -0.139. The number of benzene rings is 1. The number of amides is 1. The van der Waals surface area contributed by atoms with Gasteiger partial charge in [-0.1, -0.05) is 24.9 Å². The Balaban J connectivity index is 2.83. The number of carbonyl (C=O) groups is 2. The fraction of sp³-hybridized carbons (Fsp3) is 0.385. The third kappa shape index (κ3) is 4.04. The van der Waals surface area contributed by atoms with Gasteiger partial charge < -0.3 is 10.4 Å². The van der Waals surface area contributed by atoms with Gasteiger partial charge in [-0.25, -0.2) is 4.79 Å². The second-order valence-corrected chi connectivity index (χ2v) is 4.61. The van der Waals surface area contributed by atoms with Gasteiger partial charge in [0.2, 0.25) is 0 Å². The van der Waals surface area contributed by atoms with Crippen molar-refractivity contribution in [1.29, 1.82) is 0 Å². The second kappa shape index (κ2) is 6.40. The zero-order valence-corrected chi connectivity index (χ0v) is 11.1. The van der Waals surface area contributed by atoms with Crippen molar-refractivity contribution < 1.29 is 14.7 Å². The predicted octanol–water partition coefficient (Wildman–Crippen LogP) is 2.63. The number of hydrogen-bond donors (Lipinski definition) is 2. The Kier molecular flexibility index (Phi) is 5.16. The molecule has 0 aliphatic heterocycles. The summed E-state index contributed by atoms with van der Waals surface area (Å²) in [7, 11) is 0. The molecule has 0 aliphatic rings. The molecule has 0 radical (unpaired) electrons. The minimum absolute atomic E-state index is 0.377. The lowest BCUT2D eigenvalue weighted by atomic mass is 10.1. The quantitative estimate of drug-likeness (QED) is 0.863. The summed E-state index contributed by atoms with van der Waals surface area (Å²) in [6, 6.07) is 4.07. The summed E-state index contributed by atoms with van der Waals surface area (Å²) in [6.07, 6.45) is 1.09. The van der Waals surface area contributed by atoms with Crippen LogP contribution in [0.1, 0.15) is 35.7 Å². The summed E-state index contributed by atoms with van der Waals surface area (Å²) >= 11 is 5.86. The molecular formula is C13H16ClNO3. The average Bonchev–Trinajstić information content (AvgIpc) is 2.26. The molecule has 1 atom stereocenters. The van der Waals surface area contributed by atoms with Gasteiger partial charge in [0.1, 0.15) is 6.04 Å². The van der Waals surface area contributed by atoms with Gasteiger partial charge in [0, 0.05) is 10.6 Å². The molecule has 1 amide bonds. The molecule has 0 saturated heterocycles. The zero-order valence-electron chi connectivity index (χ0n) is 10.4. The first-order chi connectivity index (χ1) is 8.43. The van der Waals surface area contributed by atoms with Crippen LogP contribution in [0.25, 0.3) is 0 Å². The van der Waals surface area contributed by atoms with Crippen LogP contribution >= 0.6 is 11.6 Å². The second-order valence-electron chi connectivity index (χ2n) is 4.17. The van der Waals surface area contributed by atoms with Gasteiger partial charge in [0.15, 0.2) is 0 Å². The first-order valence-corrected chi connectivity index (χ1v) is 6.12. The Labute approximate surface area is 111 Å². The molecule has 18 heavy (non-hydrogen) atoms. The van der Waals surface area contributed by atoms with Gasteiger partial charge in [-0.05, 0) is 37.1 Å². The first-order valence-electron chi connectivity index (χ1n) is 5.75. The molecule has 1 aromatic carbocycles. The topological polar surface area (TPSA) is 66.4 Å². The van der Waals surface area contributed by atoms with E-state index in [1.807, 2.05) is 13.8 Å². The molecule has 0 saturated carbocycles. The fourth-order valence-electron chi connectivity index (χ4n) is 1.66. The van der Waals surface area contributed by atoms with Gasteiger partial charge in [-0.3, -0.25) is 4.79 Å². The van der Waals surface area contributed by atoms with Crippen molar-refractivity contribution in [3.63, 3.8) is 0 Å². The molecule has 0 aliphatic carbocycles. The molecule has 1 aromatic rings. The van der Waals surface area contributed by atoms with E-state index >= 15 is 0 Å². The molecule has 5 heteroatoms. The summed E-state index contributed by atoms with van der Waals surface area (Å²) < 4.78 is 0. The lowest BCUT2D eigenvalue weighted by Gasteiger charge is -2.13. The van der Waals surface area contributed by atoms with E-state index in [-0.39, 0.29) is 0 Å². The highest BCUT2D eigenvalue weighted by molar-refractivity contribution is 6.31. The summed E-state index contributed by atoms with van der Waals surface area (Å²) in [5.74, 6) is -1.44. The highest BCUT2D eigenvalue weighted by Crippen LogP contribution is 2.14. The number of aliphatic carboxylic acids is 1. The molecule has 0 bridgehead atoms. The largest absolute Gasteiger partial charge is 0.480 e. The van der Waals surface area contributed by atoms with E-state index in [0.717, 1.165) is 5.56 Å². The standard InChI is InChI=1S/C13H16ClNO3/c1-3-4-11(13(17)18)15-12(16)9-5-8(2)6-10(14)7-9/h5-7,11H,3-4H2,1-2H3,(H,15,16)(H,17,18). The smallest absolute Gasteiger partial charge is 0.326 e. The Bertz CT molecular complexity index is 439. The average molecular weight is 270 g/mol. The van der Waals surface area contributed by atoms with E-state index in [9.17, 15) is 9.59 Å². The number of carboxylic acid groups (broad SMARTS) is 1. The lowest BCUT2D eigenvalue weighted by Crippen LogP contribution is -2.40. The van der Waals surface area contributed by atoms with Crippen molar-refractivity contribution in [1.82, 2.24) is 5.32 Å². The normalized spacial score (nSPS) is 11.9. The van der Waals surface area contributed by atoms with E-state index in [4.69, 9.17) is 16.7 Å². The van der Waals surface area contributed by atoms with Crippen LogP contribution in [-0.2, 0) is 4.79 Å². The van der Waals surface area contributed by atoms with Crippen LogP contribution < -0.4 is 5.32 Å². The minimum atomic E-state index is -1.02. The van der Waals surface area contributed by atoms with Crippen molar-refractivity contribution in [2.24, 2.45) is 0 Å². The van der Waals surface area contributed by atoms with E-state index in [1.54, 1.807) is 12.1 Å². The maximum absolute atomic E-state index is 11.9. The predicted molar refractivity (Wildman–Crippen MR) is 70.0 cm³/mol. The molecule has 0 fully saturated rings. The van der Waals surface area contributed by atoms with E-state index in [2.05, 4.69) is 5.32 Å². The third-order valence-corrected chi connectivity index (χ3v) is 2.70. The highest BCUT2D eigenvalue weighted by Gasteiger charge is 2.19. The summed E-state index contributed by atoms with van der Waals surface area (Å²) in [5, 5.41) is 11.9. The first kappa shape index (κ1) is 14.5. The maximum Gasteiger partial charge on any atom is 0.326 e. The Morgan fingerprint density at radius 3 is 2.56 bits per heavy atom. The van der Waals surface area contributed by atoms with Gasteiger partial charge in [0.05, 0.1) is 0 Å². The minimum Gasteiger partial charge on any atom is -0.480 e. The van der Waals surface area contributed by atoms with Gasteiger partial charge in [-0.15, -0.1) is 0 Å². The number of hydrogen-bond acceptors (Lipinski definition) is 2. The molecule has 0 aromatic heterocycles. The molecule has 0 spiro atoms. The SMILES string of the molecule is CCCC(NC(=O)c1cc(C)cc(Cl)c1)C(=O)O. The number of aryl methyl sites for hydroxylation is 1. The molecule has 0 heterocycles. The monoisotopic (exact) mass is 269 g/mol. The van der Waals surface area contributed by atoms with Crippen LogP contribution in [0.15, 0.2) is 18.2 Å². The number of nitrogens with one attached hydrogen (secondary N) is 1. The number of rotatable bonds is 5. The Hall–Kier alpha value is -1.55. The maximum atomic E-state index is 11.9. The molecule has 2 N–H and O–H groups in total. The third-order valence-electron chi connectivity index (χ3n) is 2.49. The Morgan fingerprint density at radius 1 is 1.39 bits per heavy atom. The number of carboxylic acids is 1. The van der Waals surface area contributed by atoms with Crippen molar-refractivity contribution in [2.45, 2.75) is 32.7 Å². The summed E-state index contributed by atoms with van der Waals surface area (Å²) in [6.45, 7) is 3.69.